The van der Waals surface area contributed by atoms with Crippen LogP contribution >= 0.6 is 11.3 Å². The van der Waals surface area contributed by atoms with E-state index in [0.29, 0.717) is 11.8 Å². The monoisotopic (exact) mass is 211 g/mol. The molecule has 1 heterocycles. The van der Waals surface area contributed by atoms with Crippen LogP contribution in [0.3, 0.4) is 0 Å². The van der Waals surface area contributed by atoms with E-state index in [9.17, 15) is 0 Å². The molecule has 0 bridgehead atoms. The van der Waals surface area contributed by atoms with Crippen molar-refractivity contribution in [3.05, 3.63) is 16.1 Å². The molecule has 2 heteroatoms. The van der Waals surface area contributed by atoms with Crippen LogP contribution in [0.5, 0.6) is 0 Å². The van der Waals surface area contributed by atoms with Crippen LogP contribution in [0.4, 0.5) is 0 Å². The van der Waals surface area contributed by atoms with Crippen molar-refractivity contribution in [3.63, 3.8) is 0 Å². The molecule has 0 aromatic carbocycles. The zero-order valence-electron chi connectivity index (χ0n) is 9.71. The van der Waals surface area contributed by atoms with E-state index in [2.05, 4.69) is 33.1 Å². The fourth-order valence-corrected chi connectivity index (χ4v) is 2.77. The van der Waals surface area contributed by atoms with Gasteiger partial charge in [0.25, 0.3) is 0 Å². The molecule has 0 saturated heterocycles. The third-order valence-corrected chi connectivity index (χ3v) is 4.02. The van der Waals surface area contributed by atoms with E-state index in [4.69, 9.17) is 4.98 Å². The maximum absolute atomic E-state index is 4.74. The zero-order chi connectivity index (χ0) is 10.6. The summed E-state index contributed by atoms with van der Waals surface area (Å²) in [7, 11) is 0. The fourth-order valence-electron chi connectivity index (χ4n) is 1.56. The van der Waals surface area contributed by atoms with E-state index in [1.54, 1.807) is 0 Å². The van der Waals surface area contributed by atoms with E-state index < -0.39 is 0 Å². The lowest BCUT2D eigenvalue weighted by atomic mass is 10.0. The predicted molar refractivity (Wildman–Crippen MR) is 64.1 cm³/mol. The Labute approximate surface area is 91.6 Å². The van der Waals surface area contributed by atoms with Crippen LogP contribution in [-0.2, 0) is 0 Å². The first-order valence-electron chi connectivity index (χ1n) is 5.68. The van der Waals surface area contributed by atoms with Gasteiger partial charge < -0.3 is 0 Å². The fraction of sp³-hybridized carbons (Fsp3) is 0.750. The van der Waals surface area contributed by atoms with Crippen molar-refractivity contribution in [2.75, 3.05) is 0 Å². The van der Waals surface area contributed by atoms with Gasteiger partial charge in [0.05, 0.1) is 10.7 Å². The minimum absolute atomic E-state index is 0.620. The van der Waals surface area contributed by atoms with Crippen molar-refractivity contribution in [1.82, 2.24) is 4.98 Å². The Morgan fingerprint density at radius 1 is 1.21 bits per heavy atom. The third kappa shape index (κ3) is 2.57. The lowest BCUT2D eigenvalue weighted by Crippen LogP contribution is -1.97. The van der Waals surface area contributed by atoms with Gasteiger partial charge >= 0.3 is 0 Å². The minimum Gasteiger partial charge on any atom is -0.246 e. The van der Waals surface area contributed by atoms with Gasteiger partial charge in [-0.1, -0.05) is 27.7 Å². The normalized spacial score (nSPS) is 13.5. The van der Waals surface area contributed by atoms with Gasteiger partial charge in [-0.2, -0.15) is 0 Å². The Bertz CT molecular complexity index is 263. The molecule has 1 aromatic rings. The molecule has 1 atom stereocenters. The molecule has 1 rings (SSSR count). The lowest BCUT2D eigenvalue weighted by Gasteiger charge is -2.08. The summed E-state index contributed by atoms with van der Waals surface area (Å²) in [5.74, 6) is 1.30. The number of aromatic nitrogens is 1. The zero-order valence-corrected chi connectivity index (χ0v) is 10.5. The Kier molecular flexibility index (Phi) is 4.59. The molecule has 0 fully saturated rings. The standard InChI is InChI=1S/C12H21NS/c1-5-9(4)11-8-14-12(13-11)10(6-2)7-3/h8-10H,5-7H2,1-4H3. The molecule has 0 amide bonds. The highest BCUT2D eigenvalue weighted by Gasteiger charge is 2.13. The molecular weight excluding hydrogens is 190 g/mol. The van der Waals surface area contributed by atoms with E-state index in [0.717, 1.165) is 0 Å². The van der Waals surface area contributed by atoms with Gasteiger partial charge in [0.2, 0.25) is 0 Å². The van der Waals surface area contributed by atoms with Crippen molar-refractivity contribution >= 4 is 11.3 Å². The SMILES string of the molecule is CCC(C)c1csc(C(CC)CC)n1. The number of hydrogen-bond donors (Lipinski definition) is 0. The van der Waals surface area contributed by atoms with Crippen molar-refractivity contribution < 1.29 is 0 Å². The Morgan fingerprint density at radius 2 is 1.86 bits per heavy atom. The topological polar surface area (TPSA) is 12.9 Å². The van der Waals surface area contributed by atoms with E-state index in [1.165, 1.54) is 30.0 Å². The highest BCUT2D eigenvalue weighted by molar-refractivity contribution is 7.09. The highest BCUT2D eigenvalue weighted by atomic mass is 32.1. The summed E-state index contributed by atoms with van der Waals surface area (Å²) < 4.78 is 0. The summed E-state index contributed by atoms with van der Waals surface area (Å²) in [6, 6.07) is 0. The molecule has 80 valence electrons. The lowest BCUT2D eigenvalue weighted by molar-refractivity contribution is 0.627. The molecule has 1 nitrogen and oxygen atoms in total. The van der Waals surface area contributed by atoms with Gasteiger partial charge in [-0.25, -0.2) is 4.98 Å². The van der Waals surface area contributed by atoms with E-state index in [1.807, 2.05) is 11.3 Å². The quantitative estimate of drug-likeness (QED) is 0.695. The number of hydrogen-bond acceptors (Lipinski definition) is 2. The second-order valence-corrected chi connectivity index (χ2v) is 4.82. The van der Waals surface area contributed by atoms with Crippen molar-refractivity contribution in [1.29, 1.82) is 0 Å². The first kappa shape index (κ1) is 11.7. The Hall–Kier alpha value is -0.370. The maximum atomic E-state index is 4.74. The third-order valence-electron chi connectivity index (χ3n) is 2.99. The van der Waals surface area contributed by atoms with Crippen LogP contribution < -0.4 is 0 Å². The molecule has 1 unspecified atom stereocenters. The molecule has 14 heavy (non-hydrogen) atoms. The van der Waals surface area contributed by atoms with Crippen LogP contribution in [0.25, 0.3) is 0 Å². The summed E-state index contributed by atoms with van der Waals surface area (Å²) in [5.41, 5.74) is 1.29. The van der Waals surface area contributed by atoms with Crippen LogP contribution in [0.15, 0.2) is 5.38 Å². The molecule has 0 saturated carbocycles. The van der Waals surface area contributed by atoms with Crippen LogP contribution in [-0.4, -0.2) is 4.98 Å². The summed E-state index contributed by atoms with van der Waals surface area (Å²) in [5, 5.41) is 3.58. The van der Waals surface area contributed by atoms with Crippen LogP contribution in [0, 0.1) is 0 Å². The number of nitrogens with zero attached hydrogens (tertiary/aromatic N) is 1. The molecular formula is C12H21NS. The average molecular weight is 211 g/mol. The summed E-state index contributed by atoms with van der Waals surface area (Å²) in [4.78, 5) is 4.74. The summed E-state index contributed by atoms with van der Waals surface area (Å²) >= 11 is 1.84. The van der Waals surface area contributed by atoms with Gasteiger partial charge in [0, 0.05) is 11.3 Å². The minimum atomic E-state index is 0.620. The average Bonchev–Trinajstić information content (AvgIpc) is 2.68. The van der Waals surface area contributed by atoms with Crippen molar-refractivity contribution in [2.24, 2.45) is 0 Å². The van der Waals surface area contributed by atoms with Gasteiger partial charge in [-0.3, -0.25) is 0 Å². The van der Waals surface area contributed by atoms with Gasteiger partial charge in [0.15, 0.2) is 0 Å². The Morgan fingerprint density at radius 3 is 2.36 bits per heavy atom. The molecule has 0 spiro atoms. The molecule has 1 aromatic heterocycles. The second-order valence-electron chi connectivity index (χ2n) is 3.93. The van der Waals surface area contributed by atoms with Crippen molar-refractivity contribution in [2.45, 2.75) is 58.8 Å². The van der Waals surface area contributed by atoms with Crippen LogP contribution in [0.1, 0.15) is 69.5 Å². The molecule has 0 N–H and O–H groups in total. The van der Waals surface area contributed by atoms with E-state index in [-0.39, 0.29) is 0 Å². The van der Waals surface area contributed by atoms with Gasteiger partial charge in [0.1, 0.15) is 0 Å². The molecule has 0 aliphatic rings. The van der Waals surface area contributed by atoms with Gasteiger partial charge in [-0.15, -0.1) is 11.3 Å². The second kappa shape index (κ2) is 5.50. The molecule has 0 aliphatic heterocycles. The first-order chi connectivity index (χ1) is 6.72. The highest BCUT2D eigenvalue weighted by Crippen LogP contribution is 2.29. The number of rotatable bonds is 5. The summed E-state index contributed by atoms with van der Waals surface area (Å²) in [6.45, 7) is 8.98. The smallest absolute Gasteiger partial charge is 0.0959 e. The number of thiazole rings is 1. The van der Waals surface area contributed by atoms with Gasteiger partial charge in [-0.05, 0) is 25.2 Å². The van der Waals surface area contributed by atoms with Crippen LogP contribution in [0.2, 0.25) is 0 Å². The predicted octanol–water partition coefficient (Wildman–Crippen LogP) is 4.56. The Balaban J connectivity index is 2.76. The summed E-state index contributed by atoms with van der Waals surface area (Å²) in [6.07, 6.45) is 3.61. The van der Waals surface area contributed by atoms with E-state index >= 15 is 0 Å². The maximum Gasteiger partial charge on any atom is 0.0959 e. The molecule has 0 aliphatic carbocycles. The molecule has 0 radical (unpaired) electrons. The largest absolute Gasteiger partial charge is 0.246 e. The van der Waals surface area contributed by atoms with Crippen molar-refractivity contribution in [3.8, 4) is 0 Å². The first-order valence-corrected chi connectivity index (χ1v) is 6.56.